The zero-order chi connectivity index (χ0) is 14.9. The minimum Gasteiger partial charge on any atom is -0.481 e. The van der Waals surface area contributed by atoms with Crippen molar-refractivity contribution in [2.75, 3.05) is 7.11 Å². The molecular formula is C11H8F3N3O3. The lowest BCUT2D eigenvalue weighted by Crippen LogP contribution is -2.17. The smallest absolute Gasteiger partial charge is 0.434 e. The first-order valence-electron chi connectivity index (χ1n) is 5.23. The molecule has 0 aromatic carbocycles. The highest BCUT2D eigenvalue weighted by Gasteiger charge is 2.40. The normalized spacial score (nSPS) is 11.4. The molecule has 9 heteroatoms. The molecule has 0 radical (unpaired) electrons. The lowest BCUT2D eigenvalue weighted by atomic mass is 10.2. The maximum absolute atomic E-state index is 13.0. The van der Waals surface area contributed by atoms with Gasteiger partial charge in [-0.2, -0.15) is 18.3 Å². The Kier molecular flexibility index (Phi) is 3.35. The van der Waals surface area contributed by atoms with Crippen LogP contribution in [0, 0.1) is 0 Å². The van der Waals surface area contributed by atoms with E-state index in [1.807, 2.05) is 0 Å². The quantitative estimate of drug-likeness (QED) is 0.934. The highest BCUT2D eigenvalue weighted by molar-refractivity contribution is 5.89. The lowest BCUT2D eigenvalue weighted by Gasteiger charge is -2.11. The van der Waals surface area contributed by atoms with Crippen molar-refractivity contribution in [1.82, 2.24) is 14.8 Å². The average molecular weight is 287 g/mol. The van der Waals surface area contributed by atoms with Crippen LogP contribution in [0.2, 0.25) is 0 Å². The van der Waals surface area contributed by atoms with E-state index < -0.39 is 23.4 Å². The van der Waals surface area contributed by atoms with Crippen LogP contribution in [0.25, 0.3) is 5.69 Å². The van der Waals surface area contributed by atoms with Gasteiger partial charge in [0.1, 0.15) is 5.56 Å². The van der Waals surface area contributed by atoms with Crippen LogP contribution in [0.1, 0.15) is 16.1 Å². The maximum atomic E-state index is 13.0. The van der Waals surface area contributed by atoms with Gasteiger partial charge in [0, 0.05) is 12.3 Å². The lowest BCUT2D eigenvalue weighted by molar-refractivity contribution is -0.143. The Bertz CT molecular complexity index is 652. The molecule has 2 aromatic heterocycles. The third kappa shape index (κ3) is 2.42. The number of rotatable bonds is 3. The number of carbonyl (C=O) groups is 1. The fourth-order valence-electron chi connectivity index (χ4n) is 1.62. The Balaban J connectivity index is 2.65. The van der Waals surface area contributed by atoms with Gasteiger partial charge in [-0.1, -0.05) is 0 Å². The van der Waals surface area contributed by atoms with Gasteiger partial charge in [0.2, 0.25) is 5.88 Å². The summed E-state index contributed by atoms with van der Waals surface area (Å²) in [6, 6.07) is 2.48. The number of carboxylic acid groups (broad SMARTS) is 1. The highest BCUT2D eigenvalue weighted by atomic mass is 19.4. The van der Waals surface area contributed by atoms with E-state index in [1.165, 1.54) is 25.4 Å². The van der Waals surface area contributed by atoms with Gasteiger partial charge in [-0.05, 0) is 6.07 Å². The van der Waals surface area contributed by atoms with Crippen LogP contribution in [0.15, 0.2) is 24.5 Å². The Morgan fingerprint density at radius 1 is 1.45 bits per heavy atom. The van der Waals surface area contributed by atoms with Crippen molar-refractivity contribution in [3.63, 3.8) is 0 Å². The van der Waals surface area contributed by atoms with Crippen LogP contribution >= 0.6 is 0 Å². The molecule has 1 N–H and O–H groups in total. The van der Waals surface area contributed by atoms with Gasteiger partial charge in [0.05, 0.1) is 19.0 Å². The first-order chi connectivity index (χ1) is 9.34. The molecule has 2 aromatic rings. The SMILES string of the molecule is COc1cc(-n2ncc(C(=O)O)c2C(F)(F)F)ccn1. The molecule has 2 heterocycles. The van der Waals surface area contributed by atoms with E-state index in [-0.39, 0.29) is 11.6 Å². The van der Waals surface area contributed by atoms with E-state index in [4.69, 9.17) is 9.84 Å². The van der Waals surface area contributed by atoms with Crippen molar-refractivity contribution in [3.05, 3.63) is 35.8 Å². The number of alkyl halides is 3. The number of hydrogen-bond acceptors (Lipinski definition) is 4. The van der Waals surface area contributed by atoms with Crippen LogP contribution in [0.3, 0.4) is 0 Å². The number of hydrogen-bond donors (Lipinski definition) is 1. The van der Waals surface area contributed by atoms with Gasteiger partial charge in [0.25, 0.3) is 0 Å². The molecule has 0 unspecified atom stereocenters. The summed E-state index contributed by atoms with van der Waals surface area (Å²) >= 11 is 0. The number of methoxy groups -OCH3 is 1. The molecule has 6 nitrogen and oxygen atoms in total. The zero-order valence-electron chi connectivity index (χ0n) is 10.0. The summed E-state index contributed by atoms with van der Waals surface area (Å²) in [5.74, 6) is -1.62. The summed E-state index contributed by atoms with van der Waals surface area (Å²) in [5, 5.41) is 12.3. The van der Waals surface area contributed by atoms with Gasteiger partial charge < -0.3 is 9.84 Å². The molecule has 0 saturated heterocycles. The number of aromatic carboxylic acids is 1. The number of pyridine rings is 1. The summed E-state index contributed by atoms with van der Waals surface area (Å²) in [5.41, 5.74) is -2.29. The fourth-order valence-corrected chi connectivity index (χ4v) is 1.62. The van der Waals surface area contributed by atoms with E-state index in [9.17, 15) is 18.0 Å². The third-order valence-corrected chi connectivity index (χ3v) is 2.44. The second-order valence-electron chi connectivity index (χ2n) is 3.68. The second kappa shape index (κ2) is 4.83. The van der Waals surface area contributed by atoms with E-state index in [0.717, 1.165) is 0 Å². The summed E-state index contributed by atoms with van der Waals surface area (Å²) in [7, 11) is 1.31. The molecule has 0 aliphatic carbocycles. The largest absolute Gasteiger partial charge is 0.481 e. The van der Waals surface area contributed by atoms with Crippen molar-refractivity contribution in [1.29, 1.82) is 0 Å². The van der Waals surface area contributed by atoms with Crippen molar-refractivity contribution >= 4 is 5.97 Å². The van der Waals surface area contributed by atoms with Gasteiger partial charge in [-0.25, -0.2) is 14.5 Å². The Labute approximate surface area is 110 Å². The molecule has 0 amide bonds. The number of ether oxygens (including phenoxy) is 1. The Morgan fingerprint density at radius 3 is 2.70 bits per heavy atom. The number of nitrogens with zero attached hydrogens (tertiary/aromatic N) is 3. The van der Waals surface area contributed by atoms with Gasteiger partial charge >= 0.3 is 12.1 Å². The van der Waals surface area contributed by atoms with Crippen LogP contribution in [0.4, 0.5) is 13.2 Å². The fraction of sp³-hybridized carbons (Fsp3) is 0.182. The molecule has 0 spiro atoms. The first kappa shape index (κ1) is 13.8. The van der Waals surface area contributed by atoms with Gasteiger partial charge in [0.15, 0.2) is 5.69 Å². The number of carboxylic acids is 1. The molecule has 106 valence electrons. The second-order valence-corrected chi connectivity index (χ2v) is 3.68. The Morgan fingerprint density at radius 2 is 2.15 bits per heavy atom. The van der Waals surface area contributed by atoms with E-state index in [1.54, 1.807) is 0 Å². The van der Waals surface area contributed by atoms with Crippen LogP contribution in [-0.4, -0.2) is 33.0 Å². The summed E-state index contributed by atoms with van der Waals surface area (Å²) < 4.78 is 44.3. The maximum Gasteiger partial charge on any atom is 0.434 e. The minimum atomic E-state index is -4.86. The van der Waals surface area contributed by atoms with Crippen LogP contribution in [0.5, 0.6) is 5.88 Å². The van der Waals surface area contributed by atoms with Crippen LogP contribution < -0.4 is 4.74 Å². The summed E-state index contributed by atoms with van der Waals surface area (Å²) in [6.45, 7) is 0. The average Bonchev–Trinajstić information content (AvgIpc) is 2.83. The molecule has 0 aliphatic rings. The predicted molar refractivity (Wildman–Crippen MR) is 59.9 cm³/mol. The zero-order valence-corrected chi connectivity index (χ0v) is 10.0. The van der Waals surface area contributed by atoms with E-state index in [0.29, 0.717) is 10.9 Å². The summed E-state index contributed by atoms with van der Waals surface area (Å²) in [4.78, 5) is 14.6. The predicted octanol–water partition coefficient (Wildman–Crippen LogP) is 1.99. The minimum absolute atomic E-state index is 0.00308. The number of aromatic nitrogens is 3. The Hall–Kier alpha value is -2.58. The molecule has 0 bridgehead atoms. The summed E-state index contributed by atoms with van der Waals surface area (Å²) in [6.07, 6.45) is -2.98. The van der Waals surface area contributed by atoms with E-state index >= 15 is 0 Å². The molecular weight excluding hydrogens is 279 g/mol. The number of halogens is 3. The van der Waals surface area contributed by atoms with Crippen LogP contribution in [-0.2, 0) is 6.18 Å². The third-order valence-electron chi connectivity index (χ3n) is 2.44. The highest BCUT2D eigenvalue weighted by Crippen LogP contribution is 2.33. The molecule has 0 aliphatic heterocycles. The first-order valence-corrected chi connectivity index (χ1v) is 5.23. The van der Waals surface area contributed by atoms with Gasteiger partial charge in [-0.15, -0.1) is 0 Å². The molecule has 0 saturated carbocycles. The molecule has 20 heavy (non-hydrogen) atoms. The molecule has 0 atom stereocenters. The van der Waals surface area contributed by atoms with Crippen molar-refractivity contribution in [3.8, 4) is 11.6 Å². The van der Waals surface area contributed by atoms with Crippen molar-refractivity contribution < 1.29 is 27.8 Å². The monoisotopic (exact) mass is 287 g/mol. The standard InChI is InChI=1S/C11H8F3N3O3/c1-20-8-4-6(2-3-15-8)17-9(11(12,13)14)7(5-16-17)10(18)19/h2-5H,1H3,(H,18,19). The van der Waals surface area contributed by atoms with E-state index in [2.05, 4.69) is 10.1 Å². The van der Waals surface area contributed by atoms with Crippen molar-refractivity contribution in [2.45, 2.75) is 6.18 Å². The topological polar surface area (TPSA) is 77.2 Å². The molecule has 2 rings (SSSR count). The molecule has 0 fully saturated rings. The van der Waals surface area contributed by atoms with Crippen molar-refractivity contribution in [2.24, 2.45) is 0 Å². The van der Waals surface area contributed by atoms with Gasteiger partial charge in [-0.3, -0.25) is 0 Å².